The van der Waals surface area contributed by atoms with Crippen molar-refractivity contribution in [3.05, 3.63) is 48.6 Å². The van der Waals surface area contributed by atoms with Gasteiger partial charge in [0.25, 0.3) is 0 Å². The molecule has 0 saturated heterocycles. The Labute approximate surface area is 406 Å². The maximum absolute atomic E-state index is 12.5. The molecule has 0 spiro atoms. The number of carbonyl (C=O) groups is 1. The lowest BCUT2D eigenvalue weighted by atomic mass is 10.0. The molecule has 3 atom stereocenters. The number of aliphatic hydroxyl groups is 3. The predicted octanol–water partition coefficient (Wildman–Crippen LogP) is 18.0. The molecular formula is C60H113NO4. The number of allylic oxidation sites excluding steroid dienone is 7. The largest absolute Gasteiger partial charge is 0.394 e. The summed E-state index contributed by atoms with van der Waals surface area (Å²) >= 11 is 0. The standard InChI is InChI=1S/C60H113NO4/c1-3-5-7-9-11-13-15-17-19-21-23-25-27-29-30-31-33-35-37-39-41-43-45-47-49-51-53-57(63)55-60(65)61-58(56-62)59(64)54-52-50-48-46-44-42-40-38-36-34-32-28-26-24-22-20-18-16-14-12-10-8-6-4-2/h29-30,36,38,44,46,52,54,57-59,62-64H,3-28,31-35,37,39-43,45,47-51,53,55-56H2,1-2H3,(H,61,65)/b30-29-,38-36+,46-44+,54-52+. The minimum atomic E-state index is -0.962. The van der Waals surface area contributed by atoms with Gasteiger partial charge in [-0.2, -0.15) is 0 Å². The van der Waals surface area contributed by atoms with Gasteiger partial charge in [-0.05, 0) is 70.6 Å². The zero-order chi connectivity index (χ0) is 47.2. The zero-order valence-electron chi connectivity index (χ0n) is 43.6. The number of hydrogen-bond donors (Lipinski definition) is 4. The molecule has 0 aliphatic rings. The van der Waals surface area contributed by atoms with Crippen LogP contribution in [0.1, 0.15) is 303 Å². The second kappa shape index (κ2) is 54.9. The Morgan fingerprint density at radius 1 is 0.385 bits per heavy atom. The van der Waals surface area contributed by atoms with Crippen LogP contribution in [0.25, 0.3) is 0 Å². The van der Waals surface area contributed by atoms with Gasteiger partial charge in [-0.25, -0.2) is 0 Å². The van der Waals surface area contributed by atoms with E-state index in [1.54, 1.807) is 6.08 Å². The van der Waals surface area contributed by atoms with Crippen LogP contribution in [-0.2, 0) is 4.79 Å². The molecule has 0 saturated carbocycles. The molecule has 0 bridgehead atoms. The summed E-state index contributed by atoms with van der Waals surface area (Å²) in [6.45, 7) is 4.23. The van der Waals surface area contributed by atoms with Crippen LogP contribution in [0.3, 0.4) is 0 Å². The van der Waals surface area contributed by atoms with Gasteiger partial charge in [0.1, 0.15) is 0 Å². The van der Waals surface area contributed by atoms with E-state index in [1.807, 2.05) is 6.08 Å². The summed E-state index contributed by atoms with van der Waals surface area (Å²) in [5.41, 5.74) is 0. The molecule has 382 valence electrons. The van der Waals surface area contributed by atoms with Crippen LogP contribution in [0, 0.1) is 0 Å². The minimum Gasteiger partial charge on any atom is -0.394 e. The van der Waals surface area contributed by atoms with Gasteiger partial charge in [0.15, 0.2) is 0 Å². The van der Waals surface area contributed by atoms with Gasteiger partial charge >= 0.3 is 0 Å². The Kier molecular flexibility index (Phi) is 53.5. The van der Waals surface area contributed by atoms with Crippen molar-refractivity contribution >= 4 is 5.91 Å². The van der Waals surface area contributed by atoms with Crippen LogP contribution in [-0.4, -0.2) is 46.1 Å². The van der Waals surface area contributed by atoms with Gasteiger partial charge in [0.2, 0.25) is 5.91 Å². The molecule has 0 heterocycles. The van der Waals surface area contributed by atoms with Crippen LogP contribution in [0.5, 0.6) is 0 Å². The first-order valence-electron chi connectivity index (χ1n) is 28.9. The lowest BCUT2D eigenvalue weighted by molar-refractivity contribution is -0.124. The van der Waals surface area contributed by atoms with E-state index in [2.05, 4.69) is 55.6 Å². The number of carbonyl (C=O) groups excluding carboxylic acids is 1. The minimum absolute atomic E-state index is 0.00161. The van der Waals surface area contributed by atoms with E-state index in [1.165, 1.54) is 238 Å². The van der Waals surface area contributed by atoms with Crippen molar-refractivity contribution in [3.63, 3.8) is 0 Å². The topological polar surface area (TPSA) is 89.8 Å². The van der Waals surface area contributed by atoms with Gasteiger partial charge in [-0.15, -0.1) is 0 Å². The number of amides is 1. The molecule has 65 heavy (non-hydrogen) atoms. The highest BCUT2D eigenvalue weighted by atomic mass is 16.3. The average molecular weight is 913 g/mol. The van der Waals surface area contributed by atoms with Crippen molar-refractivity contribution in [2.45, 2.75) is 321 Å². The highest BCUT2D eigenvalue weighted by Gasteiger charge is 2.20. The quantitative estimate of drug-likeness (QED) is 0.0361. The molecule has 3 unspecified atom stereocenters. The number of rotatable bonds is 53. The fourth-order valence-electron chi connectivity index (χ4n) is 8.90. The molecule has 0 aromatic carbocycles. The predicted molar refractivity (Wildman–Crippen MR) is 287 cm³/mol. The lowest BCUT2D eigenvalue weighted by Crippen LogP contribution is -2.45. The molecule has 0 rings (SSSR count). The number of hydrogen-bond acceptors (Lipinski definition) is 4. The molecule has 5 nitrogen and oxygen atoms in total. The monoisotopic (exact) mass is 912 g/mol. The van der Waals surface area contributed by atoms with Gasteiger partial charge < -0.3 is 20.6 Å². The lowest BCUT2D eigenvalue weighted by Gasteiger charge is -2.21. The summed E-state index contributed by atoms with van der Waals surface area (Å²) in [5, 5.41) is 33.4. The summed E-state index contributed by atoms with van der Waals surface area (Å²) in [6.07, 6.45) is 73.1. The summed E-state index contributed by atoms with van der Waals surface area (Å²) in [6, 6.07) is -0.770. The molecule has 0 radical (unpaired) electrons. The first kappa shape index (κ1) is 63.3. The van der Waals surface area contributed by atoms with Crippen LogP contribution < -0.4 is 5.32 Å². The first-order valence-corrected chi connectivity index (χ1v) is 28.9. The second-order valence-corrected chi connectivity index (χ2v) is 19.9. The Morgan fingerprint density at radius 2 is 0.662 bits per heavy atom. The number of nitrogens with one attached hydrogen (secondary N) is 1. The first-order chi connectivity index (χ1) is 32.0. The number of aliphatic hydroxyl groups excluding tert-OH is 3. The molecule has 4 N–H and O–H groups in total. The molecule has 0 fully saturated rings. The van der Waals surface area contributed by atoms with E-state index in [0.29, 0.717) is 6.42 Å². The Balaban J connectivity index is 3.63. The number of unbranched alkanes of at least 4 members (excludes halogenated alkanes) is 38. The molecule has 0 aliphatic carbocycles. The van der Waals surface area contributed by atoms with Gasteiger partial charge in [0, 0.05) is 0 Å². The highest BCUT2D eigenvalue weighted by Crippen LogP contribution is 2.17. The summed E-state index contributed by atoms with van der Waals surface area (Å²) in [7, 11) is 0. The second-order valence-electron chi connectivity index (χ2n) is 19.9. The average Bonchev–Trinajstić information content (AvgIpc) is 3.30. The van der Waals surface area contributed by atoms with Gasteiger partial charge in [-0.3, -0.25) is 4.79 Å². The van der Waals surface area contributed by atoms with Crippen molar-refractivity contribution in [2.24, 2.45) is 0 Å². The SMILES string of the molecule is CCCCCCCCCCCCCC/C=C\CCCCCCCCCCCCC(O)CC(=O)NC(CO)C(O)/C=C/CC/C=C/CC/C=C/CCCCCCCCCCCCCCCC. The van der Waals surface area contributed by atoms with Crippen LogP contribution in [0.15, 0.2) is 48.6 Å². The highest BCUT2D eigenvalue weighted by molar-refractivity contribution is 5.76. The van der Waals surface area contributed by atoms with E-state index in [4.69, 9.17) is 0 Å². The Morgan fingerprint density at radius 3 is 0.985 bits per heavy atom. The van der Waals surface area contributed by atoms with E-state index >= 15 is 0 Å². The fourth-order valence-corrected chi connectivity index (χ4v) is 8.90. The third-order valence-electron chi connectivity index (χ3n) is 13.3. The molecular weight excluding hydrogens is 799 g/mol. The summed E-state index contributed by atoms with van der Waals surface area (Å²) < 4.78 is 0. The Hall–Kier alpha value is -1.69. The van der Waals surface area contributed by atoms with E-state index in [9.17, 15) is 20.1 Å². The Bertz CT molecular complexity index is 1050. The molecule has 5 heteroatoms. The van der Waals surface area contributed by atoms with Crippen LogP contribution in [0.2, 0.25) is 0 Å². The maximum Gasteiger partial charge on any atom is 0.222 e. The van der Waals surface area contributed by atoms with Gasteiger partial charge in [0.05, 0.1) is 31.3 Å². The molecule has 0 aliphatic heterocycles. The molecule has 0 aromatic heterocycles. The fraction of sp³-hybridized carbons (Fsp3) is 0.850. The van der Waals surface area contributed by atoms with Crippen LogP contribution >= 0.6 is 0 Å². The molecule has 0 aromatic rings. The van der Waals surface area contributed by atoms with E-state index in [-0.39, 0.29) is 18.9 Å². The van der Waals surface area contributed by atoms with E-state index in [0.717, 1.165) is 38.5 Å². The van der Waals surface area contributed by atoms with Crippen LogP contribution in [0.4, 0.5) is 0 Å². The summed E-state index contributed by atoms with van der Waals surface area (Å²) in [4.78, 5) is 12.5. The van der Waals surface area contributed by atoms with Crippen molar-refractivity contribution < 1.29 is 20.1 Å². The van der Waals surface area contributed by atoms with Crippen molar-refractivity contribution in [1.29, 1.82) is 0 Å². The van der Waals surface area contributed by atoms with Crippen molar-refractivity contribution in [2.75, 3.05) is 6.61 Å². The smallest absolute Gasteiger partial charge is 0.222 e. The third kappa shape index (κ3) is 51.5. The summed E-state index contributed by atoms with van der Waals surface area (Å²) in [5.74, 6) is -0.327. The third-order valence-corrected chi connectivity index (χ3v) is 13.3. The normalized spacial score (nSPS) is 13.6. The maximum atomic E-state index is 12.5. The van der Waals surface area contributed by atoms with E-state index < -0.39 is 18.2 Å². The van der Waals surface area contributed by atoms with Crippen molar-refractivity contribution in [1.82, 2.24) is 5.32 Å². The zero-order valence-corrected chi connectivity index (χ0v) is 43.6. The van der Waals surface area contributed by atoms with Crippen molar-refractivity contribution in [3.8, 4) is 0 Å². The van der Waals surface area contributed by atoms with Gasteiger partial charge in [-0.1, -0.05) is 274 Å². The molecule has 1 amide bonds.